The molecule has 9 heteroatoms. The maximum absolute atomic E-state index is 13.6. The fourth-order valence-corrected chi connectivity index (χ4v) is 5.94. The first-order chi connectivity index (χ1) is 16.9. The first kappa shape index (κ1) is 24.7. The Hall–Kier alpha value is -3.40. The molecule has 0 N–H and O–H groups in total. The van der Waals surface area contributed by atoms with Gasteiger partial charge in [0.1, 0.15) is 10.7 Å². The summed E-state index contributed by atoms with van der Waals surface area (Å²) in [5, 5.41) is 2.60. The number of amides is 1. The van der Waals surface area contributed by atoms with Crippen LogP contribution in [0, 0.1) is 5.82 Å². The van der Waals surface area contributed by atoms with E-state index in [4.69, 9.17) is 0 Å². The molecule has 0 aliphatic rings. The van der Waals surface area contributed by atoms with Gasteiger partial charge in [-0.2, -0.15) is 4.31 Å². The zero-order valence-electron chi connectivity index (χ0n) is 18.9. The van der Waals surface area contributed by atoms with E-state index in [1.807, 2.05) is 17.5 Å². The van der Waals surface area contributed by atoms with E-state index >= 15 is 0 Å². The van der Waals surface area contributed by atoms with E-state index in [2.05, 4.69) is 11.6 Å². The minimum atomic E-state index is -4.05. The van der Waals surface area contributed by atoms with Crippen LogP contribution in [0.4, 0.5) is 4.39 Å². The quantitative estimate of drug-likeness (QED) is 0.287. The molecule has 2 heterocycles. The van der Waals surface area contributed by atoms with Gasteiger partial charge >= 0.3 is 0 Å². The van der Waals surface area contributed by atoms with Crippen molar-refractivity contribution in [2.24, 2.45) is 0 Å². The Labute approximate surface area is 208 Å². The van der Waals surface area contributed by atoms with E-state index in [1.165, 1.54) is 41.8 Å². The van der Waals surface area contributed by atoms with Crippen molar-refractivity contribution < 1.29 is 17.6 Å². The number of halogens is 1. The summed E-state index contributed by atoms with van der Waals surface area (Å²) in [6, 6.07) is 18.2. The van der Waals surface area contributed by atoms with Crippen LogP contribution in [0.15, 0.2) is 95.9 Å². The Morgan fingerprint density at radius 3 is 2.51 bits per heavy atom. The van der Waals surface area contributed by atoms with E-state index in [0.29, 0.717) is 17.4 Å². The molecule has 0 saturated heterocycles. The number of fused-ring (bicyclic) bond motifs is 1. The maximum atomic E-state index is 13.6. The Morgan fingerprint density at radius 2 is 1.80 bits per heavy atom. The van der Waals surface area contributed by atoms with Gasteiger partial charge in [0.2, 0.25) is 15.9 Å². The monoisotopic (exact) mass is 509 g/mol. The van der Waals surface area contributed by atoms with Crippen molar-refractivity contribution in [1.29, 1.82) is 0 Å². The number of hydrogen-bond donors (Lipinski definition) is 0. The van der Waals surface area contributed by atoms with Gasteiger partial charge in [0, 0.05) is 29.5 Å². The predicted octanol–water partition coefficient (Wildman–Crippen LogP) is 4.84. The van der Waals surface area contributed by atoms with Gasteiger partial charge in [-0.3, -0.25) is 9.78 Å². The van der Waals surface area contributed by atoms with Gasteiger partial charge in [-0.1, -0.05) is 42.5 Å². The molecular weight excluding hydrogens is 485 g/mol. The van der Waals surface area contributed by atoms with Gasteiger partial charge in [0.05, 0.1) is 18.6 Å². The molecule has 4 aromatic rings. The van der Waals surface area contributed by atoms with Crippen molar-refractivity contribution >= 4 is 38.2 Å². The third-order valence-electron chi connectivity index (χ3n) is 5.42. The second-order valence-corrected chi connectivity index (χ2v) is 10.8. The molecule has 0 aliphatic heterocycles. The van der Waals surface area contributed by atoms with Crippen LogP contribution in [0.3, 0.4) is 0 Å². The Morgan fingerprint density at radius 1 is 1.03 bits per heavy atom. The minimum Gasteiger partial charge on any atom is -0.332 e. The zero-order valence-corrected chi connectivity index (χ0v) is 20.5. The smallest absolute Gasteiger partial charge is 0.246 e. The topological polar surface area (TPSA) is 70.6 Å². The van der Waals surface area contributed by atoms with Crippen molar-refractivity contribution in [3.63, 3.8) is 0 Å². The number of pyridine rings is 1. The molecule has 0 radical (unpaired) electrons. The molecule has 2 aromatic heterocycles. The molecule has 0 bridgehead atoms. The number of aromatic nitrogens is 1. The van der Waals surface area contributed by atoms with Crippen LogP contribution >= 0.6 is 11.3 Å². The van der Waals surface area contributed by atoms with E-state index in [-0.39, 0.29) is 36.3 Å². The minimum absolute atomic E-state index is 0.0357. The molecule has 0 unspecified atom stereocenters. The van der Waals surface area contributed by atoms with Crippen LogP contribution in [0.5, 0.6) is 0 Å². The van der Waals surface area contributed by atoms with Crippen molar-refractivity contribution in [1.82, 2.24) is 14.2 Å². The molecule has 0 spiro atoms. The van der Waals surface area contributed by atoms with Gasteiger partial charge in [-0.15, -0.1) is 17.9 Å². The second-order valence-electron chi connectivity index (χ2n) is 7.87. The average Bonchev–Trinajstić information content (AvgIpc) is 3.37. The fourth-order valence-electron chi connectivity index (χ4n) is 3.70. The van der Waals surface area contributed by atoms with Crippen molar-refractivity contribution in [3.8, 4) is 0 Å². The normalized spacial score (nSPS) is 11.6. The molecule has 4 rings (SSSR count). The molecule has 1 amide bonds. The third kappa shape index (κ3) is 5.82. The molecular formula is C26H24FN3O3S2. The van der Waals surface area contributed by atoms with Crippen molar-refractivity contribution in [2.75, 3.05) is 13.1 Å². The number of sulfonamides is 1. The highest BCUT2D eigenvalue weighted by atomic mass is 32.2. The molecule has 0 aliphatic carbocycles. The summed E-state index contributed by atoms with van der Waals surface area (Å²) in [5.41, 5.74) is 1.09. The van der Waals surface area contributed by atoms with E-state index < -0.39 is 10.0 Å². The van der Waals surface area contributed by atoms with Crippen LogP contribution in [0.2, 0.25) is 0 Å². The summed E-state index contributed by atoms with van der Waals surface area (Å²) in [7, 11) is -4.05. The second kappa shape index (κ2) is 10.9. The van der Waals surface area contributed by atoms with Crippen molar-refractivity contribution in [2.45, 2.75) is 18.0 Å². The number of nitrogens with zero attached hydrogens (tertiary/aromatic N) is 3. The zero-order chi connectivity index (χ0) is 24.8. The van der Waals surface area contributed by atoms with E-state index in [0.717, 1.165) is 14.7 Å². The third-order valence-corrected chi connectivity index (χ3v) is 8.13. The Balaban J connectivity index is 1.63. The number of rotatable bonds is 10. The lowest BCUT2D eigenvalue weighted by molar-refractivity contribution is -0.132. The lowest BCUT2D eigenvalue weighted by Gasteiger charge is -2.27. The van der Waals surface area contributed by atoms with Gasteiger partial charge in [-0.05, 0) is 41.3 Å². The summed E-state index contributed by atoms with van der Waals surface area (Å²) in [6.45, 7) is 3.79. The van der Waals surface area contributed by atoms with E-state index in [1.54, 1.807) is 41.3 Å². The van der Waals surface area contributed by atoms with Gasteiger partial charge in [0.15, 0.2) is 0 Å². The highest BCUT2D eigenvalue weighted by molar-refractivity contribution is 7.89. The van der Waals surface area contributed by atoms with Crippen LogP contribution in [-0.4, -0.2) is 41.6 Å². The highest BCUT2D eigenvalue weighted by Gasteiger charge is 2.29. The number of hydrogen-bond acceptors (Lipinski definition) is 5. The maximum Gasteiger partial charge on any atom is 0.246 e. The molecule has 2 aromatic carbocycles. The van der Waals surface area contributed by atoms with Crippen LogP contribution in [0.1, 0.15) is 10.4 Å². The summed E-state index contributed by atoms with van der Waals surface area (Å²) in [4.78, 5) is 20.3. The van der Waals surface area contributed by atoms with Crippen molar-refractivity contribution in [3.05, 3.63) is 107 Å². The highest BCUT2D eigenvalue weighted by Crippen LogP contribution is 2.24. The van der Waals surface area contributed by atoms with Crippen LogP contribution in [0.25, 0.3) is 10.9 Å². The number of thiophene rings is 1. The molecule has 180 valence electrons. The number of carbonyl (C=O) groups excluding carboxylic acids is 1. The Bertz CT molecular complexity index is 1420. The summed E-state index contributed by atoms with van der Waals surface area (Å²) in [5.74, 6) is -0.738. The first-order valence-electron chi connectivity index (χ1n) is 10.9. The largest absolute Gasteiger partial charge is 0.332 e. The molecule has 0 fully saturated rings. The standard InChI is InChI=1S/C26H24FN3O3S2/c1-2-15-30(35(32,33)24-9-3-6-21-7-4-14-28-26(21)24)19-25(31)29(18-23-8-5-16-34-23)17-20-10-12-22(27)13-11-20/h2-14,16H,1,15,17-19H2. The average molecular weight is 510 g/mol. The SMILES string of the molecule is C=CCN(CC(=O)N(Cc1ccc(F)cc1)Cc1cccs1)S(=O)(=O)c1cccc2cccnc12. The lowest BCUT2D eigenvalue weighted by Crippen LogP contribution is -2.42. The first-order valence-corrected chi connectivity index (χ1v) is 13.2. The summed E-state index contributed by atoms with van der Waals surface area (Å²) >= 11 is 1.50. The van der Waals surface area contributed by atoms with Crippen LogP contribution in [-0.2, 0) is 27.9 Å². The molecule has 35 heavy (non-hydrogen) atoms. The van der Waals surface area contributed by atoms with Gasteiger partial charge in [-0.25, -0.2) is 12.8 Å². The van der Waals surface area contributed by atoms with Gasteiger partial charge < -0.3 is 4.90 Å². The fraction of sp³-hybridized carbons (Fsp3) is 0.154. The number of carbonyl (C=O) groups is 1. The summed E-state index contributed by atoms with van der Waals surface area (Å²) in [6.07, 6.45) is 2.99. The number of benzene rings is 2. The lowest BCUT2D eigenvalue weighted by atomic mass is 10.2. The predicted molar refractivity (Wildman–Crippen MR) is 136 cm³/mol. The van der Waals surface area contributed by atoms with Crippen LogP contribution < -0.4 is 0 Å². The number of para-hydroxylation sites is 1. The molecule has 6 nitrogen and oxygen atoms in total. The Kier molecular flexibility index (Phi) is 7.70. The molecule has 0 atom stereocenters. The summed E-state index contributed by atoms with van der Waals surface area (Å²) < 4.78 is 41.8. The molecule has 0 saturated carbocycles. The van der Waals surface area contributed by atoms with Gasteiger partial charge in [0.25, 0.3) is 0 Å². The van der Waals surface area contributed by atoms with E-state index in [9.17, 15) is 17.6 Å².